The molecule has 25 heavy (non-hydrogen) atoms. The number of piperidine rings is 2. The average molecular weight is 345 g/mol. The third-order valence-corrected chi connectivity index (χ3v) is 5.74. The van der Waals surface area contributed by atoms with Gasteiger partial charge in [-0.05, 0) is 51.5 Å². The number of likely N-dealkylation sites (tertiary alicyclic amines) is 2. The number of aliphatic hydroxyl groups is 1. The molecule has 5 heteroatoms. The third-order valence-electron chi connectivity index (χ3n) is 5.74. The molecule has 2 fully saturated rings. The number of carbonyl (C=O) groups excluding carboxylic acids is 1. The summed E-state index contributed by atoms with van der Waals surface area (Å²) in [7, 11) is 2.11. The SMILES string of the molecule is CN1CCC(C(=O)N[C@@H]2CN(Cc3ccccc3)CC[C@H]2CO)CC1. The van der Waals surface area contributed by atoms with Crippen molar-refractivity contribution >= 4 is 5.91 Å². The van der Waals surface area contributed by atoms with Crippen LogP contribution in [0, 0.1) is 11.8 Å². The third kappa shape index (κ3) is 5.03. The Kier molecular flexibility index (Phi) is 6.45. The van der Waals surface area contributed by atoms with E-state index >= 15 is 0 Å². The summed E-state index contributed by atoms with van der Waals surface area (Å²) in [5.41, 5.74) is 1.30. The lowest BCUT2D eigenvalue weighted by atomic mass is 9.90. The first-order valence-corrected chi connectivity index (χ1v) is 9.51. The van der Waals surface area contributed by atoms with Crippen molar-refractivity contribution in [3.63, 3.8) is 0 Å². The first-order chi connectivity index (χ1) is 12.2. The number of hydrogen-bond donors (Lipinski definition) is 2. The smallest absolute Gasteiger partial charge is 0.223 e. The second-order valence-electron chi connectivity index (χ2n) is 7.64. The number of nitrogens with zero attached hydrogens (tertiary/aromatic N) is 2. The van der Waals surface area contributed by atoms with E-state index in [9.17, 15) is 9.90 Å². The van der Waals surface area contributed by atoms with E-state index in [1.54, 1.807) is 0 Å². The maximum Gasteiger partial charge on any atom is 0.223 e. The van der Waals surface area contributed by atoms with Crippen LogP contribution in [0.2, 0.25) is 0 Å². The van der Waals surface area contributed by atoms with E-state index in [-0.39, 0.29) is 30.4 Å². The van der Waals surface area contributed by atoms with E-state index in [0.717, 1.165) is 52.0 Å². The molecule has 2 heterocycles. The van der Waals surface area contributed by atoms with E-state index in [4.69, 9.17) is 0 Å². The van der Waals surface area contributed by atoms with Crippen molar-refractivity contribution in [3.05, 3.63) is 35.9 Å². The summed E-state index contributed by atoms with van der Waals surface area (Å²) < 4.78 is 0. The molecule has 138 valence electrons. The highest BCUT2D eigenvalue weighted by Crippen LogP contribution is 2.22. The number of carbonyl (C=O) groups is 1. The summed E-state index contributed by atoms with van der Waals surface area (Å²) in [6.07, 6.45) is 2.81. The van der Waals surface area contributed by atoms with Crippen LogP contribution in [0.1, 0.15) is 24.8 Å². The molecule has 0 unspecified atom stereocenters. The van der Waals surface area contributed by atoms with Crippen LogP contribution in [0.15, 0.2) is 30.3 Å². The molecule has 2 saturated heterocycles. The fourth-order valence-electron chi connectivity index (χ4n) is 4.01. The van der Waals surface area contributed by atoms with Crippen molar-refractivity contribution in [1.82, 2.24) is 15.1 Å². The lowest BCUT2D eigenvalue weighted by Crippen LogP contribution is -2.55. The Hall–Kier alpha value is -1.43. The number of rotatable bonds is 5. The molecule has 1 aromatic carbocycles. The largest absolute Gasteiger partial charge is 0.396 e. The molecule has 2 atom stereocenters. The number of aliphatic hydroxyl groups excluding tert-OH is 1. The number of nitrogens with one attached hydrogen (secondary N) is 1. The molecule has 2 aliphatic heterocycles. The summed E-state index contributed by atoms with van der Waals surface area (Å²) in [4.78, 5) is 17.3. The van der Waals surface area contributed by atoms with Crippen LogP contribution in [0.4, 0.5) is 0 Å². The minimum atomic E-state index is 0.0506. The monoisotopic (exact) mass is 345 g/mol. The Morgan fingerprint density at radius 3 is 2.56 bits per heavy atom. The Morgan fingerprint density at radius 1 is 1.16 bits per heavy atom. The second kappa shape index (κ2) is 8.79. The van der Waals surface area contributed by atoms with Crippen LogP contribution in [-0.4, -0.2) is 66.7 Å². The molecule has 2 aliphatic rings. The van der Waals surface area contributed by atoms with Gasteiger partial charge in [0.05, 0.1) is 0 Å². The zero-order valence-electron chi connectivity index (χ0n) is 15.2. The highest BCUT2D eigenvalue weighted by molar-refractivity contribution is 5.79. The molecular weight excluding hydrogens is 314 g/mol. The quantitative estimate of drug-likeness (QED) is 0.845. The first kappa shape index (κ1) is 18.4. The van der Waals surface area contributed by atoms with Crippen LogP contribution in [0.5, 0.6) is 0 Å². The molecule has 3 rings (SSSR count). The van der Waals surface area contributed by atoms with E-state index in [1.807, 2.05) is 6.07 Å². The Morgan fingerprint density at radius 2 is 1.88 bits per heavy atom. The van der Waals surface area contributed by atoms with Crippen LogP contribution < -0.4 is 5.32 Å². The van der Waals surface area contributed by atoms with Crippen molar-refractivity contribution < 1.29 is 9.90 Å². The van der Waals surface area contributed by atoms with Crippen molar-refractivity contribution in [1.29, 1.82) is 0 Å². The minimum absolute atomic E-state index is 0.0506. The van der Waals surface area contributed by atoms with E-state index < -0.39 is 0 Å². The zero-order chi connectivity index (χ0) is 17.6. The summed E-state index contributed by atoms with van der Waals surface area (Å²) >= 11 is 0. The van der Waals surface area contributed by atoms with Gasteiger partial charge in [-0.3, -0.25) is 9.69 Å². The maximum atomic E-state index is 12.7. The van der Waals surface area contributed by atoms with Gasteiger partial charge in [-0.1, -0.05) is 30.3 Å². The van der Waals surface area contributed by atoms with Gasteiger partial charge >= 0.3 is 0 Å². The number of hydrogen-bond acceptors (Lipinski definition) is 4. The molecular formula is C20H31N3O2. The lowest BCUT2D eigenvalue weighted by Gasteiger charge is -2.39. The van der Waals surface area contributed by atoms with Gasteiger partial charge in [-0.15, -0.1) is 0 Å². The number of benzene rings is 1. The molecule has 1 aromatic rings. The molecule has 1 amide bonds. The van der Waals surface area contributed by atoms with Gasteiger partial charge in [-0.2, -0.15) is 0 Å². The molecule has 2 N–H and O–H groups in total. The normalized spacial score (nSPS) is 26.5. The predicted molar refractivity (Wildman–Crippen MR) is 99.1 cm³/mol. The van der Waals surface area contributed by atoms with Crippen molar-refractivity contribution in [2.45, 2.75) is 31.8 Å². The average Bonchev–Trinajstić information content (AvgIpc) is 2.63. The molecule has 0 saturated carbocycles. The van der Waals surface area contributed by atoms with E-state index in [1.165, 1.54) is 5.56 Å². The van der Waals surface area contributed by atoms with E-state index in [2.05, 4.69) is 46.4 Å². The maximum absolute atomic E-state index is 12.7. The standard InChI is InChI=1S/C20H31N3O2/c1-22-10-7-17(8-11-22)20(25)21-19-14-23(12-9-18(19)15-24)13-16-5-3-2-4-6-16/h2-6,17-19,24H,7-15H2,1H3,(H,21,25)/t18-,19+/m0/s1. The van der Waals surface area contributed by atoms with Crippen molar-refractivity contribution in [2.24, 2.45) is 11.8 Å². The van der Waals surface area contributed by atoms with E-state index in [0.29, 0.717) is 0 Å². The highest BCUT2D eigenvalue weighted by Gasteiger charge is 2.32. The Balaban J connectivity index is 1.56. The van der Waals surface area contributed by atoms with Crippen molar-refractivity contribution in [2.75, 3.05) is 39.8 Å². The van der Waals surface area contributed by atoms with Crippen molar-refractivity contribution in [3.8, 4) is 0 Å². The summed E-state index contributed by atoms with van der Waals surface area (Å²) in [6.45, 7) is 4.83. The zero-order valence-corrected chi connectivity index (χ0v) is 15.2. The Bertz CT molecular complexity index is 543. The fraction of sp³-hybridized carbons (Fsp3) is 0.650. The summed E-state index contributed by atoms with van der Waals surface area (Å²) in [5.74, 6) is 0.473. The van der Waals surface area contributed by atoms with Gasteiger partial charge in [-0.25, -0.2) is 0 Å². The van der Waals surface area contributed by atoms with Crippen LogP contribution in [0.3, 0.4) is 0 Å². The molecule has 5 nitrogen and oxygen atoms in total. The first-order valence-electron chi connectivity index (χ1n) is 9.51. The summed E-state index contributed by atoms with van der Waals surface area (Å²) in [5, 5.41) is 13.0. The predicted octanol–water partition coefficient (Wildman–Crippen LogP) is 1.33. The fourth-order valence-corrected chi connectivity index (χ4v) is 4.01. The molecule has 0 bridgehead atoms. The van der Waals surface area contributed by atoms with Gasteiger partial charge in [0.25, 0.3) is 0 Å². The van der Waals surface area contributed by atoms with Crippen LogP contribution in [0.25, 0.3) is 0 Å². The lowest BCUT2D eigenvalue weighted by molar-refractivity contribution is -0.128. The highest BCUT2D eigenvalue weighted by atomic mass is 16.3. The van der Waals surface area contributed by atoms with Crippen LogP contribution >= 0.6 is 0 Å². The molecule has 0 aliphatic carbocycles. The minimum Gasteiger partial charge on any atom is -0.396 e. The number of amides is 1. The molecule has 0 spiro atoms. The van der Waals surface area contributed by atoms with Gasteiger partial charge in [0.15, 0.2) is 0 Å². The van der Waals surface area contributed by atoms with Gasteiger partial charge in [0.1, 0.15) is 0 Å². The molecule has 0 radical (unpaired) electrons. The van der Waals surface area contributed by atoms with Gasteiger partial charge in [0.2, 0.25) is 5.91 Å². The van der Waals surface area contributed by atoms with Gasteiger partial charge < -0.3 is 15.3 Å². The van der Waals surface area contributed by atoms with Crippen LogP contribution in [-0.2, 0) is 11.3 Å². The summed E-state index contributed by atoms with van der Waals surface area (Å²) in [6, 6.07) is 10.5. The molecule has 0 aromatic heterocycles. The van der Waals surface area contributed by atoms with Gasteiger partial charge in [0, 0.05) is 37.6 Å². The second-order valence-corrected chi connectivity index (χ2v) is 7.64. The topological polar surface area (TPSA) is 55.8 Å². The Labute approximate surface area is 151 Å².